The maximum absolute atomic E-state index is 10.8. The number of hydrogen-bond acceptors (Lipinski definition) is 3. The predicted molar refractivity (Wildman–Crippen MR) is 50.0 cm³/mol. The van der Waals surface area contributed by atoms with E-state index in [-0.39, 0.29) is 10.0 Å². The lowest BCUT2D eigenvalue weighted by Gasteiger charge is -1.98. The van der Waals surface area contributed by atoms with Gasteiger partial charge in [-0.25, -0.2) is 13.4 Å². The minimum absolute atomic E-state index is 0.00759. The van der Waals surface area contributed by atoms with Crippen molar-refractivity contribution in [2.75, 3.05) is 0 Å². The van der Waals surface area contributed by atoms with Crippen molar-refractivity contribution in [3.05, 3.63) is 21.8 Å². The molecular formula is C5H2BrCl2NO2S. The summed E-state index contributed by atoms with van der Waals surface area (Å²) in [6.07, 6.45) is 0. The van der Waals surface area contributed by atoms with Crippen molar-refractivity contribution in [2.45, 2.75) is 5.03 Å². The molecule has 1 heterocycles. The van der Waals surface area contributed by atoms with Gasteiger partial charge in [-0.05, 0) is 28.1 Å². The molecule has 0 bridgehead atoms. The van der Waals surface area contributed by atoms with Crippen LogP contribution in [0.1, 0.15) is 0 Å². The lowest BCUT2D eigenvalue weighted by Crippen LogP contribution is -1.96. The highest BCUT2D eigenvalue weighted by Gasteiger charge is 2.16. The summed E-state index contributed by atoms with van der Waals surface area (Å²) in [4.78, 5) is 3.61. The van der Waals surface area contributed by atoms with Gasteiger partial charge in [-0.15, -0.1) is 0 Å². The molecule has 0 aliphatic heterocycles. The summed E-state index contributed by atoms with van der Waals surface area (Å²) in [5, 5.41) is -0.326. The van der Waals surface area contributed by atoms with Crippen molar-refractivity contribution in [3.8, 4) is 0 Å². The van der Waals surface area contributed by atoms with E-state index in [0.29, 0.717) is 4.60 Å². The second-order valence-electron chi connectivity index (χ2n) is 1.86. The Kier molecular flexibility index (Phi) is 2.98. The molecule has 1 rings (SSSR count). The highest BCUT2D eigenvalue weighted by molar-refractivity contribution is 9.10. The van der Waals surface area contributed by atoms with Crippen molar-refractivity contribution < 1.29 is 8.42 Å². The van der Waals surface area contributed by atoms with Crippen LogP contribution in [0, 0.1) is 0 Å². The van der Waals surface area contributed by atoms with Gasteiger partial charge in [0.25, 0.3) is 9.05 Å². The standard InChI is InChI=1S/C5H2BrCl2NO2S/c6-4-2-1-3(7)5(9-4)12(8,10)11/h1-2H. The van der Waals surface area contributed by atoms with E-state index in [4.69, 9.17) is 22.3 Å². The first-order valence-electron chi connectivity index (χ1n) is 2.68. The van der Waals surface area contributed by atoms with E-state index in [0.717, 1.165) is 0 Å². The molecule has 1 aromatic heterocycles. The van der Waals surface area contributed by atoms with Crippen LogP contribution >= 0.6 is 38.2 Å². The Labute approximate surface area is 87.3 Å². The molecule has 0 N–H and O–H groups in total. The molecule has 0 fully saturated rings. The summed E-state index contributed by atoms with van der Waals surface area (Å²) in [7, 11) is 1.18. The number of aromatic nitrogens is 1. The minimum Gasteiger partial charge on any atom is -0.227 e. The fraction of sp³-hybridized carbons (Fsp3) is 0. The molecule has 3 nitrogen and oxygen atoms in total. The van der Waals surface area contributed by atoms with Crippen LogP contribution in [-0.2, 0) is 9.05 Å². The number of hydrogen-bond donors (Lipinski definition) is 0. The van der Waals surface area contributed by atoms with Crippen LogP contribution in [0.15, 0.2) is 21.8 Å². The summed E-state index contributed by atoms with van der Waals surface area (Å²) in [6, 6.07) is 2.92. The molecule has 0 radical (unpaired) electrons. The third-order valence-corrected chi connectivity index (χ3v) is 3.08. The van der Waals surface area contributed by atoms with Crippen LogP contribution in [0.5, 0.6) is 0 Å². The first-order valence-corrected chi connectivity index (χ1v) is 6.16. The van der Waals surface area contributed by atoms with Crippen molar-refractivity contribution in [2.24, 2.45) is 0 Å². The fourth-order valence-electron chi connectivity index (χ4n) is 0.572. The smallest absolute Gasteiger partial charge is 0.227 e. The summed E-state index contributed by atoms with van der Waals surface area (Å²) in [6.45, 7) is 0. The Hall–Kier alpha value is 0.160. The highest BCUT2D eigenvalue weighted by Crippen LogP contribution is 2.24. The van der Waals surface area contributed by atoms with Crippen molar-refractivity contribution >= 4 is 47.3 Å². The van der Waals surface area contributed by atoms with Crippen LogP contribution < -0.4 is 0 Å². The van der Waals surface area contributed by atoms with Gasteiger partial charge in [-0.2, -0.15) is 0 Å². The van der Waals surface area contributed by atoms with Crippen molar-refractivity contribution in [1.82, 2.24) is 4.98 Å². The average molecular weight is 291 g/mol. The number of halogens is 3. The third-order valence-electron chi connectivity index (χ3n) is 1.01. The highest BCUT2D eigenvalue weighted by atomic mass is 79.9. The van der Waals surface area contributed by atoms with Gasteiger partial charge in [0.2, 0.25) is 0 Å². The second-order valence-corrected chi connectivity index (χ2v) is 5.56. The molecule has 1 aromatic rings. The van der Waals surface area contributed by atoms with Gasteiger partial charge in [-0.3, -0.25) is 0 Å². The molecule has 0 saturated heterocycles. The summed E-state index contributed by atoms with van der Waals surface area (Å²) < 4.78 is 22.0. The molecule has 0 aliphatic carbocycles. The van der Waals surface area contributed by atoms with Crippen LogP contribution in [0.4, 0.5) is 0 Å². The summed E-state index contributed by atoms with van der Waals surface area (Å²) in [5.41, 5.74) is 0. The number of nitrogens with zero attached hydrogens (tertiary/aromatic N) is 1. The molecule has 0 atom stereocenters. The van der Waals surface area contributed by atoms with Gasteiger partial charge in [0.05, 0.1) is 5.02 Å². The zero-order valence-electron chi connectivity index (χ0n) is 5.46. The molecule has 0 saturated carbocycles. The van der Waals surface area contributed by atoms with E-state index in [1.54, 1.807) is 0 Å². The number of rotatable bonds is 1. The Morgan fingerprint density at radius 3 is 2.42 bits per heavy atom. The Morgan fingerprint density at radius 2 is 2.00 bits per heavy atom. The maximum Gasteiger partial charge on any atom is 0.280 e. The largest absolute Gasteiger partial charge is 0.280 e. The average Bonchev–Trinajstić information content (AvgIpc) is 1.92. The fourth-order valence-corrected chi connectivity index (χ4v) is 2.39. The Balaban J connectivity index is 3.43. The topological polar surface area (TPSA) is 47.0 Å². The van der Waals surface area contributed by atoms with Gasteiger partial charge in [-0.1, -0.05) is 11.6 Å². The maximum atomic E-state index is 10.8. The zero-order valence-corrected chi connectivity index (χ0v) is 9.37. The third kappa shape index (κ3) is 2.32. The molecule has 66 valence electrons. The van der Waals surface area contributed by atoms with Crippen LogP contribution in [0.25, 0.3) is 0 Å². The Bertz CT molecular complexity index is 406. The molecule has 0 amide bonds. The monoisotopic (exact) mass is 289 g/mol. The lowest BCUT2D eigenvalue weighted by atomic mass is 10.5. The van der Waals surface area contributed by atoms with E-state index >= 15 is 0 Å². The van der Waals surface area contributed by atoms with E-state index in [1.165, 1.54) is 12.1 Å². The van der Waals surface area contributed by atoms with Crippen molar-refractivity contribution in [3.63, 3.8) is 0 Å². The van der Waals surface area contributed by atoms with Crippen molar-refractivity contribution in [1.29, 1.82) is 0 Å². The SMILES string of the molecule is O=S(=O)(Cl)c1nc(Br)ccc1Cl. The normalized spacial score (nSPS) is 11.6. The molecule has 0 aromatic carbocycles. The minimum atomic E-state index is -3.86. The van der Waals surface area contributed by atoms with Crippen LogP contribution in [0.2, 0.25) is 5.02 Å². The molecular weight excluding hydrogens is 289 g/mol. The van der Waals surface area contributed by atoms with Crippen LogP contribution in [-0.4, -0.2) is 13.4 Å². The van der Waals surface area contributed by atoms with Gasteiger partial charge >= 0.3 is 0 Å². The van der Waals surface area contributed by atoms with Gasteiger partial charge in [0, 0.05) is 10.7 Å². The number of pyridine rings is 1. The van der Waals surface area contributed by atoms with Crippen LogP contribution in [0.3, 0.4) is 0 Å². The molecule has 7 heteroatoms. The quantitative estimate of drug-likeness (QED) is 0.589. The molecule has 0 aliphatic rings. The molecule has 0 spiro atoms. The summed E-state index contributed by atoms with van der Waals surface area (Å²) in [5.74, 6) is 0. The first kappa shape index (κ1) is 10.2. The van der Waals surface area contributed by atoms with E-state index in [2.05, 4.69) is 20.9 Å². The second kappa shape index (κ2) is 3.49. The van der Waals surface area contributed by atoms with Gasteiger partial charge in [0.1, 0.15) is 4.60 Å². The Morgan fingerprint density at radius 1 is 1.42 bits per heavy atom. The van der Waals surface area contributed by atoms with Gasteiger partial charge < -0.3 is 0 Å². The predicted octanol–water partition coefficient (Wildman–Crippen LogP) is 2.43. The lowest BCUT2D eigenvalue weighted by molar-refractivity contribution is 0.606. The summed E-state index contributed by atoms with van der Waals surface area (Å²) >= 11 is 8.53. The molecule has 12 heavy (non-hydrogen) atoms. The molecule has 0 unspecified atom stereocenters. The van der Waals surface area contributed by atoms with E-state index in [9.17, 15) is 8.42 Å². The van der Waals surface area contributed by atoms with E-state index < -0.39 is 9.05 Å². The first-order chi connectivity index (χ1) is 5.41. The zero-order chi connectivity index (χ0) is 9.35. The van der Waals surface area contributed by atoms with Gasteiger partial charge in [0.15, 0.2) is 5.03 Å². The van der Waals surface area contributed by atoms with E-state index in [1.807, 2.05) is 0 Å².